The summed E-state index contributed by atoms with van der Waals surface area (Å²) in [6, 6.07) is 0.681. The maximum Gasteiger partial charge on any atom is 0.0669 e. The highest BCUT2D eigenvalue weighted by molar-refractivity contribution is 4.86. The second-order valence-corrected chi connectivity index (χ2v) is 5.40. The first-order valence-corrected chi connectivity index (χ1v) is 7.07. The molecular weight excluding hydrogens is 198 g/mol. The Morgan fingerprint density at radius 3 is 2.75 bits per heavy atom. The van der Waals surface area contributed by atoms with E-state index in [0.29, 0.717) is 6.04 Å². The molecule has 1 saturated heterocycles. The second-order valence-electron chi connectivity index (χ2n) is 5.40. The predicted molar refractivity (Wildman–Crippen MR) is 69.8 cm³/mol. The Balaban J connectivity index is 2.29. The van der Waals surface area contributed by atoms with E-state index < -0.39 is 0 Å². The summed E-state index contributed by atoms with van der Waals surface area (Å²) < 4.78 is 5.98. The van der Waals surface area contributed by atoms with Gasteiger partial charge >= 0.3 is 0 Å². The number of ether oxygens (including phenoxy) is 1. The monoisotopic (exact) mass is 227 g/mol. The molecule has 1 heterocycles. The van der Waals surface area contributed by atoms with E-state index in [4.69, 9.17) is 4.74 Å². The van der Waals surface area contributed by atoms with E-state index in [0.717, 1.165) is 13.2 Å². The Hall–Kier alpha value is -0.0800. The van der Waals surface area contributed by atoms with Gasteiger partial charge in [0.2, 0.25) is 0 Å². The lowest BCUT2D eigenvalue weighted by molar-refractivity contribution is -0.0818. The summed E-state index contributed by atoms with van der Waals surface area (Å²) in [4.78, 5) is 0. The van der Waals surface area contributed by atoms with E-state index in [9.17, 15) is 0 Å². The molecule has 0 saturated carbocycles. The van der Waals surface area contributed by atoms with Crippen LogP contribution in [0.3, 0.4) is 0 Å². The van der Waals surface area contributed by atoms with Gasteiger partial charge in [-0.3, -0.25) is 0 Å². The first-order valence-electron chi connectivity index (χ1n) is 7.07. The minimum absolute atomic E-state index is 0.138. The molecule has 0 bridgehead atoms. The second kappa shape index (κ2) is 7.29. The van der Waals surface area contributed by atoms with Crippen LogP contribution in [0.5, 0.6) is 0 Å². The number of unbranched alkanes of at least 4 members (excludes halogenated alkanes) is 2. The van der Waals surface area contributed by atoms with Crippen molar-refractivity contribution in [1.29, 1.82) is 0 Å². The maximum absolute atomic E-state index is 5.98. The first-order chi connectivity index (χ1) is 7.70. The van der Waals surface area contributed by atoms with Crippen LogP contribution in [0.2, 0.25) is 0 Å². The molecule has 1 rings (SSSR count). The highest BCUT2D eigenvalue weighted by atomic mass is 16.5. The Kier molecular flexibility index (Phi) is 6.37. The highest BCUT2D eigenvalue weighted by Gasteiger charge is 2.32. The minimum Gasteiger partial charge on any atom is -0.375 e. The quantitative estimate of drug-likeness (QED) is 0.672. The summed E-state index contributed by atoms with van der Waals surface area (Å²) in [5.41, 5.74) is 0.138. The van der Waals surface area contributed by atoms with E-state index in [-0.39, 0.29) is 5.60 Å². The Morgan fingerprint density at radius 1 is 1.25 bits per heavy atom. The fourth-order valence-electron chi connectivity index (χ4n) is 2.58. The van der Waals surface area contributed by atoms with Crippen LogP contribution in [-0.4, -0.2) is 24.8 Å². The number of hydrogen-bond donors (Lipinski definition) is 1. The molecule has 0 aromatic heterocycles. The zero-order valence-corrected chi connectivity index (χ0v) is 11.3. The minimum atomic E-state index is 0.138. The lowest BCUT2D eigenvalue weighted by Crippen LogP contribution is -2.45. The summed E-state index contributed by atoms with van der Waals surface area (Å²) >= 11 is 0. The molecule has 1 fully saturated rings. The number of nitrogens with one attached hydrogen (secondary N) is 1. The van der Waals surface area contributed by atoms with E-state index in [1.165, 1.54) is 44.9 Å². The SMILES string of the molecule is CCCCCC1(C)CC(NCCC)CCO1. The van der Waals surface area contributed by atoms with Gasteiger partial charge in [-0.05, 0) is 39.2 Å². The number of rotatable bonds is 7. The predicted octanol–water partition coefficient (Wildman–Crippen LogP) is 3.50. The molecule has 1 aliphatic rings. The first kappa shape index (κ1) is 14.0. The van der Waals surface area contributed by atoms with Crippen molar-refractivity contribution < 1.29 is 4.74 Å². The smallest absolute Gasteiger partial charge is 0.0669 e. The molecule has 1 aliphatic heterocycles. The van der Waals surface area contributed by atoms with Crippen molar-refractivity contribution in [2.45, 2.75) is 77.4 Å². The van der Waals surface area contributed by atoms with Crippen molar-refractivity contribution in [3.05, 3.63) is 0 Å². The Bertz CT molecular complexity index is 184. The van der Waals surface area contributed by atoms with E-state index in [1.807, 2.05) is 0 Å². The van der Waals surface area contributed by atoms with Crippen molar-refractivity contribution in [2.75, 3.05) is 13.2 Å². The van der Waals surface area contributed by atoms with Gasteiger partial charge in [0.15, 0.2) is 0 Å². The summed E-state index contributed by atoms with van der Waals surface area (Å²) in [6.45, 7) is 8.87. The van der Waals surface area contributed by atoms with Crippen LogP contribution in [0.25, 0.3) is 0 Å². The molecule has 0 radical (unpaired) electrons. The fourth-order valence-corrected chi connectivity index (χ4v) is 2.58. The normalized spacial score (nSPS) is 30.6. The maximum atomic E-state index is 5.98. The Labute approximate surface area is 101 Å². The molecule has 16 heavy (non-hydrogen) atoms. The summed E-state index contributed by atoms with van der Waals surface area (Å²) in [7, 11) is 0. The van der Waals surface area contributed by atoms with Crippen LogP contribution < -0.4 is 5.32 Å². The van der Waals surface area contributed by atoms with Gasteiger partial charge in [0, 0.05) is 12.6 Å². The van der Waals surface area contributed by atoms with Gasteiger partial charge in [-0.25, -0.2) is 0 Å². The molecule has 0 amide bonds. The third-order valence-corrected chi connectivity index (χ3v) is 3.59. The van der Waals surface area contributed by atoms with Gasteiger partial charge in [-0.1, -0.05) is 33.1 Å². The van der Waals surface area contributed by atoms with Crippen LogP contribution >= 0.6 is 0 Å². The van der Waals surface area contributed by atoms with Crippen LogP contribution in [0.1, 0.15) is 65.7 Å². The molecule has 2 heteroatoms. The molecule has 2 nitrogen and oxygen atoms in total. The van der Waals surface area contributed by atoms with Crippen molar-refractivity contribution in [3.8, 4) is 0 Å². The van der Waals surface area contributed by atoms with Gasteiger partial charge in [-0.2, -0.15) is 0 Å². The molecule has 96 valence electrons. The lowest BCUT2D eigenvalue weighted by atomic mass is 9.87. The lowest BCUT2D eigenvalue weighted by Gasteiger charge is -2.39. The highest BCUT2D eigenvalue weighted by Crippen LogP contribution is 2.29. The van der Waals surface area contributed by atoms with Gasteiger partial charge in [-0.15, -0.1) is 0 Å². The van der Waals surface area contributed by atoms with Crippen LogP contribution in [0.4, 0.5) is 0 Å². The fraction of sp³-hybridized carbons (Fsp3) is 1.00. The Morgan fingerprint density at radius 2 is 2.06 bits per heavy atom. The van der Waals surface area contributed by atoms with Crippen LogP contribution in [0.15, 0.2) is 0 Å². The van der Waals surface area contributed by atoms with E-state index >= 15 is 0 Å². The van der Waals surface area contributed by atoms with Crippen molar-refractivity contribution >= 4 is 0 Å². The molecular formula is C14H29NO. The third-order valence-electron chi connectivity index (χ3n) is 3.59. The number of hydrogen-bond acceptors (Lipinski definition) is 2. The average molecular weight is 227 g/mol. The molecule has 2 unspecified atom stereocenters. The third kappa shape index (κ3) is 4.84. The molecule has 0 aromatic carbocycles. The van der Waals surface area contributed by atoms with Crippen LogP contribution in [-0.2, 0) is 4.74 Å². The topological polar surface area (TPSA) is 21.3 Å². The summed E-state index contributed by atoms with van der Waals surface area (Å²) in [6.07, 6.45) is 8.78. The molecule has 0 aromatic rings. The molecule has 2 atom stereocenters. The van der Waals surface area contributed by atoms with Gasteiger partial charge < -0.3 is 10.1 Å². The van der Waals surface area contributed by atoms with Gasteiger partial charge in [0.1, 0.15) is 0 Å². The van der Waals surface area contributed by atoms with Crippen molar-refractivity contribution in [2.24, 2.45) is 0 Å². The largest absolute Gasteiger partial charge is 0.375 e. The van der Waals surface area contributed by atoms with Crippen LogP contribution in [0, 0.1) is 0 Å². The summed E-state index contributed by atoms with van der Waals surface area (Å²) in [5.74, 6) is 0. The van der Waals surface area contributed by atoms with E-state index in [1.54, 1.807) is 0 Å². The van der Waals surface area contributed by atoms with Gasteiger partial charge in [0.25, 0.3) is 0 Å². The molecule has 0 aliphatic carbocycles. The standard InChI is InChI=1S/C14H29NO/c1-4-6-7-9-14(3)12-13(8-11-16-14)15-10-5-2/h13,15H,4-12H2,1-3H3. The summed E-state index contributed by atoms with van der Waals surface area (Å²) in [5, 5.41) is 3.64. The average Bonchev–Trinajstić information content (AvgIpc) is 2.27. The van der Waals surface area contributed by atoms with E-state index in [2.05, 4.69) is 26.1 Å². The molecule has 0 spiro atoms. The zero-order chi connectivity index (χ0) is 11.9. The molecule has 1 N–H and O–H groups in total. The zero-order valence-electron chi connectivity index (χ0n) is 11.3. The van der Waals surface area contributed by atoms with Crippen molar-refractivity contribution in [3.63, 3.8) is 0 Å². The van der Waals surface area contributed by atoms with Crippen molar-refractivity contribution in [1.82, 2.24) is 5.32 Å². The van der Waals surface area contributed by atoms with Gasteiger partial charge in [0.05, 0.1) is 5.60 Å².